The highest BCUT2D eigenvalue weighted by atomic mass is 16.5. The highest BCUT2D eigenvalue weighted by Gasteiger charge is 2.15. The van der Waals surface area contributed by atoms with Crippen molar-refractivity contribution < 1.29 is 19.1 Å². The summed E-state index contributed by atoms with van der Waals surface area (Å²) in [4.78, 5) is 23.8. The van der Waals surface area contributed by atoms with Crippen molar-refractivity contribution >= 4 is 23.7 Å². The number of aryl methyl sites for hydroxylation is 1. The summed E-state index contributed by atoms with van der Waals surface area (Å²) in [5, 5.41) is 6.28. The minimum Gasteiger partial charge on any atom is -0.496 e. The lowest BCUT2D eigenvalue weighted by atomic mass is 10.2. The van der Waals surface area contributed by atoms with Crippen LogP contribution in [-0.4, -0.2) is 32.2 Å². The van der Waals surface area contributed by atoms with Gasteiger partial charge in [0, 0.05) is 5.56 Å². The third-order valence-electron chi connectivity index (χ3n) is 3.32. The molecule has 0 saturated heterocycles. The summed E-state index contributed by atoms with van der Waals surface area (Å²) in [6.45, 7) is 1.87. The van der Waals surface area contributed by atoms with Crippen LogP contribution in [0.1, 0.15) is 11.1 Å². The number of ether oxygens (including phenoxy) is 2. The zero-order valence-corrected chi connectivity index (χ0v) is 14.2. The summed E-state index contributed by atoms with van der Waals surface area (Å²) in [6.07, 6.45) is 1.40. The molecule has 2 aromatic carbocycles. The molecule has 0 fully saturated rings. The lowest BCUT2D eigenvalue weighted by Gasteiger charge is -2.10. The molecular weight excluding hydrogens is 322 g/mol. The summed E-state index contributed by atoms with van der Waals surface area (Å²) >= 11 is 0. The van der Waals surface area contributed by atoms with Gasteiger partial charge in [0.15, 0.2) is 0 Å². The van der Waals surface area contributed by atoms with Crippen molar-refractivity contribution in [2.75, 3.05) is 19.5 Å². The maximum absolute atomic E-state index is 12.0. The van der Waals surface area contributed by atoms with E-state index in [0.717, 1.165) is 5.56 Å². The van der Waals surface area contributed by atoms with E-state index in [9.17, 15) is 9.59 Å². The highest BCUT2D eigenvalue weighted by molar-refractivity contribution is 6.39. The fraction of sp³-hybridized carbons (Fsp3) is 0.167. The number of hydrogen-bond donors (Lipinski definition) is 2. The van der Waals surface area contributed by atoms with Crippen LogP contribution in [0.15, 0.2) is 47.6 Å². The molecule has 2 aromatic rings. The lowest BCUT2D eigenvalue weighted by Crippen LogP contribution is -2.32. The van der Waals surface area contributed by atoms with Gasteiger partial charge in [0.05, 0.1) is 26.1 Å². The first kappa shape index (κ1) is 18.0. The van der Waals surface area contributed by atoms with E-state index in [1.807, 2.05) is 25.1 Å². The van der Waals surface area contributed by atoms with E-state index in [4.69, 9.17) is 9.47 Å². The van der Waals surface area contributed by atoms with Gasteiger partial charge in [-0.15, -0.1) is 0 Å². The topological polar surface area (TPSA) is 89.0 Å². The van der Waals surface area contributed by atoms with E-state index in [1.165, 1.54) is 20.4 Å². The predicted octanol–water partition coefficient (Wildman–Crippen LogP) is 2.10. The number of hydrazone groups is 1. The molecule has 0 atom stereocenters. The number of anilines is 1. The minimum atomic E-state index is -0.894. The third kappa shape index (κ3) is 4.81. The van der Waals surface area contributed by atoms with Crippen molar-refractivity contribution in [1.29, 1.82) is 0 Å². The molecule has 2 rings (SSSR count). The molecule has 0 aromatic heterocycles. The van der Waals surface area contributed by atoms with Gasteiger partial charge in [-0.05, 0) is 36.8 Å². The van der Waals surface area contributed by atoms with E-state index >= 15 is 0 Å². The summed E-state index contributed by atoms with van der Waals surface area (Å²) in [5.41, 5.74) is 4.18. The van der Waals surface area contributed by atoms with E-state index in [1.54, 1.807) is 24.3 Å². The van der Waals surface area contributed by atoms with Gasteiger partial charge < -0.3 is 14.8 Å². The summed E-state index contributed by atoms with van der Waals surface area (Å²) in [5.74, 6) is -0.672. The molecule has 2 N–H and O–H groups in total. The van der Waals surface area contributed by atoms with Crippen LogP contribution in [0, 0.1) is 6.92 Å². The molecule has 7 heteroatoms. The van der Waals surface area contributed by atoms with Gasteiger partial charge in [0.2, 0.25) is 0 Å². The fourth-order valence-corrected chi connectivity index (χ4v) is 2.08. The quantitative estimate of drug-likeness (QED) is 0.495. The van der Waals surface area contributed by atoms with Gasteiger partial charge in [0.25, 0.3) is 0 Å². The number of para-hydroxylation sites is 1. The Labute approximate surface area is 145 Å². The highest BCUT2D eigenvalue weighted by Crippen LogP contribution is 2.25. The normalized spacial score (nSPS) is 10.4. The van der Waals surface area contributed by atoms with Crippen molar-refractivity contribution in [2.45, 2.75) is 6.92 Å². The Morgan fingerprint density at radius 3 is 2.44 bits per heavy atom. The van der Waals surface area contributed by atoms with Crippen LogP contribution in [0.5, 0.6) is 11.5 Å². The zero-order chi connectivity index (χ0) is 18.2. The Balaban J connectivity index is 2.00. The molecule has 0 aliphatic carbocycles. The molecule has 0 spiro atoms. The van der Waals surface area contributed by atoms with Gasteiger partial charge >= 0.3 is 11.8 Å². The first-order valence-corrected chi connectivity index (χ1v) is 7.47. The molecule has 25 heavy (non-hydrogen) atoms. The molecule has 0 aliphatic heterocycles. The average molecular weight is 341 g/mol. The molecule has 0 radical (unpaired) electrons. The number of carbonyl (C=O) groups is 2. The largest absolute Gasteiger partial charge is 0.496 e. The number of rotatable bonds is 5. The molecule has 2 amide bonds. The lowest BCUT2D eigenvalue weighted by molar-refractivity contribution is -0.136. The molecule has 0 aliphatic rings. The Morgan fingerprint density at radius 2 is 1.72 bits per heavy atom. The van der Waals surface area contributed by atoms with E-state index in [2.05, 4.69) is 15.8 Å². The molecule has 0 unspecified atom stereocenters. The van der Waals surface area contributed by atoms with Gasteiger partial charge in [-0.3, -0.25) is 9.59 Å². The summed E-state index contributed by atoms with van der Waals surface area (Å²) < 4.78 is 10.3. The standard InChI is InChI=1S/C18H19N3O4/c1-12-8-9-16(25-3)14(10-12)20-17(22)18(23)21-19-11-13-6-4-5-7-15(13)24-2/h4-11H,1-3H3,(H,20,22)(H,21,23)/b19-11+. The maximum atomic E-state index is 12.0. The molecule has 130 valence electrons. The van der Waals surface area contributed by atoms with Gasteiger partial charge in [-0.1, -0.05) is 18.2 Å². The zero-order valence-electron chi connectivity index (χ0n) is 14.2. The smallest absolute Gasteiger partial charge is 0.329 e. The second kappa shape index (κ2) is 8.49. The number of nitrogens with one attached hydrogen (secondary N) is 2. The van der Waals surface area contributed by atoms with Gasteiger partial charge in [-0.2, -0.15) is 5.10 Å². The Hall–Kier alpha value is -3.35. The maximum Gasteiger partial charge on any atom is 0.329 e. The van der Waals surface area contributed by atoms with Gasteiger partial charge in [0.1, 0.15) is 11.5 Å². The Kier molecular flexibility index (Phi) is 6.11. The van der Waals surface area contributed by atoms with Crippen molar-refractivity contribution in [3.63, 3.8) is 0 Å². The molecular formula is C18H19N3O4. The number of methoxy groups -OCH3 is 2. The van der Waals surface area contributed by atoms with Crippen LogP contribution in [0.2, 0.25) is 0 Å². The number of amides is 2. The van der Waals surface area contributed by atoms with Crippen molar-refractivity contribution in [3.05, 3.63) is 53.6 Å². The van der Waals surface area contributed by atoms with Crippen LogP contribution in [0.4, 0.5) is 5.69 Å². The number of benzene rings is 2. The van der Waals surface area contributed by atoms with Crippen molar-refractivity contribution in [1.82, 2.24) is 5.43 Å². The summed E-state index contributed by atoms with van der Waals surface area (Å²) in [6, 6.07) is 12.4. The first-order chi connectivity index (χ1) is 12.0. The average Bonchev–Trinajstić information content (AvgIpc) is 2.62. The predicted molar refractivity (Wildman–Crippen MR) is 95.1 cm³/mol. The van der Waals surface area contributed by atoms with Crippen LogP contribution in [0.3, 0.4) is 0 Å². The third-order valence-corrected chi connectivity index (χ3v) is 3.32. The number of nitrogens with zero attached hydrogens (tertiary/aromatic N) is 1. The van der Waals surface area contributed by atoms with Crippen LogP contribution in [-0.2, 0) is 9.59 Å². The molecule has 7 nitrogen and oxygen atoms in total. The Bertz CT molecular complexity index is 803. The molecule has 0 saturated carbocycles. The number of hydrogen-bond acceptors (Lipinski definition) is 5. The Morgan fingerprint density at radius 1 is 1.00 bits per heavy atom. The van der Waals surface area contributed by atoms with Crippen LogP contribution >= 0.6 is 0 Å². The van der Waals surface area contributed by atoms with Crippen molar-refractivity contribution in [3.8, 4) is 11.5 Å². The van der Waals surface area contributed by atoms with Gasteiger partial charge in [-0.25, -0.2) is 5.43 Å². The van der Waals surface area contributed by atoms with E-state index < -0.39 is 11.8 Å². The van der Waals surface area contributed by atoms with E-state index in [0.29, 0.717) is 22.7 Å². The molecule has 0 heterocycles. The SMILES string of the molecule is COc1ccccc1/C=N/NC(=O)C(=O)Nc1cc(C)ccc1OC. The monoisotopic (exact) mass is 341 g/mol. The van der Waals surface area contributed by atoms with Crippen LogP contribution in [0.25, 0.3) is 0 Å². The minimum absolute atomic E-state index is 0.413. The first-order valence-electron chi connectivity index (χ1n) is 7.47. The fourth-order valence-electron chi connectivity index (χ4n) is 2.08. The van der Waals surface area contributed by atoms with E-state index in [-0.39, 0.29) is 0 Å². The second-order valence-electron chi connectivity index (χ2n) is 5.10. The number of carbonyl (C=O) groups excluding carboxylic acids is 2. The second-order valence-corrected chi connectivity index (χ2v) is 5.10. The molecule has 0 bridgehead atoms. The van der Waals surface area contributed by atoms with Crippen LogP contribution < -0.4 is 20.2 Å². The van der Waals surface area contributed by atoms with Crippen molar-refractivity contribution in [2.24, 2.45) is 5.10 Å². The summed E-state index contributed by atoms with van der Waals surface area (Å²) in [7, 11) is 3.02.